The number of hydrogen-bond donors (Lipinski definition) is 1. The van der Waals surface area contributed by atoms with Crippen molar-refractivity contribution in [1.29, 1.82) is 0 Å². The van der Waals surface area contributed by atoms with E-state index in [1.807, 2.05) is 14.1 Å². The average molecular weight is 372 g/mol. The van der Waals surface area contributed by atoms with E-state index in [-0.39, 0.29) is 11.9 Å². The maximum atomic E-state index is 12.5. The van der Waals surface area contributed by atoms with E-state index >= 15 is 0 Å². The van der Waals surface area contributed by atoms with Crippen molar-refractivity contribution in [2.45, 2.75) is 18.9 Å². The molecule has 0 saturated carbocycles. The van der Waals surface area contributed by atoms with Crippen LogP contribution in [0.15, 0.2) is 48.5 Å². The summed E-state index contributed by atoms with van der Waals surface area (Å²) in [5.41, 5.74) is 3.06. The van der Waals surface area contributed by atoms with Gasteiger partial charge in [-0.3, -0.25) is 9.69 Å². The molecule has 1 aliphatic heterocycles. The number of anilines is 1. The van der Waals surface area contributed by atoms with Gasteiger partial charge in [-0.15, -0.1) is 0 Å². The number of likely N-dealkylation sites (tertiary alicyclic amines) is 1. The number of carbonyl (C=O) groups excluding carboxylic acids is 1. The Bertz CT molecular complexity index is 722. The monoisotopic (exact) mass is 371 g/mol. The quantitative estimate of drug-likeness (QED) is 0.834. The summed E-state index contributed by atoms with van der Waals surface area (Å²) < 4.78 is 0. The molecule has 1 amide bonds. The van der Waals surface area contributed by atoms with E-state index < -0.39 is 0 Å². The Morgan fingerprint density at radius 1 is 1.08 bits per heavy atom. The molecule has 4 nitrogen and oxygen atoms in total. The Morgan fingerprint density at radius 3 is 2.27 bits per heavy atom. The maximum absolute atomic E-state index is 12.5. The van der Waals surface area contributed by atoms with Crippen molar-refractivity contribution in [1.82, 2.24) is 10.2 Å². The molecular formula is C21H26ClN3O. The van der Waals surface area contributed by atoms with Crippen molar-refractivity contribution in [3.05, 3.63) is 64.7 Å². The van der Waals surface area contributed by atoms with Crippen LogP contribution in [0.3, 0.4) is 0 Å². The van der Waals surface area contributed by atoms with Gasteiger partial charge in [0.25, 0.3) is 5.91 Å². The summed E-state index contributed by atoms with van der Waals surface area (Å²) in [4.78, 5) is 17.0. The fourth-order valence-corrected chi connectivity index (χ4v) is 3.52. The molecule has 26 heavy (non-hydrogen) atoms. The van der Waals surface area contributed by atoms with Gasteiger partial charge in [0.1, 0.15) is 0 Å². The number of carbonyl (C=O) groups is 1. The third-order valence-corrected chi connectivity index (χ3v) is 5.19. The van der Waals surface area contributed by atoms with Crippen LogP contribution in [-0.4, -0.2) is 44.5 Å². The van der Waals surface area contributed by atoms with Crippen LogP contribution in [0.2, 0.25) is 5.02 Å². The van der Waals surface area contributed by atoms with Crippen LogP contribution in [0.1, 0.15) is 34.8 Å². The predicted molar refractivity (Wildman–Crippen MR) is 108 cm³/mol. The Balaban J connectivity index is 1.72. The Hall–Kier alpha value is -2.04. The van der Waals surface area contributed by atoms with E-state index in [1.165, 1.54) is 24.1 Å². The van der Waals surface area contributed by atoms with Crippen molar-refractivity contribution < 1.29 is 4.79 Å². The van der Waals surface area contributed by atoms with Gasteiger partial charge in [-0.05, 0) is 67.9 Å². The standard InChI is InChI=1S/C21H26ClN3O/c1-24(2)19-11-7-16(8-12-19)20(25-13-3-4-14-25)15-23-21(26)17-5-9-18(22)10-6-17/h5-12,20H,3-4,13-15H2,1-2H3,(H,23,26)/t20-/m0/s1. The molecule has 0 aliphatic carbocycles. The van der Waals surface area contributed by atoms with Crippen molar-refractivity contribution in [3.63, 3.8) is 0 Å². The number of hydrogen-bond acceptors (Lipinski definition) is 3. The molecule has 3 rings (SSSR count). The summed E-state index contributed by atoms with van der Waals surface area (Å²) in [6.45, 7) is 2.76. The smallest absolute Gasteiger partial charge is 0.251 e. The minimum Gasteiger partial charge on any atom is -0.378 e. The summed E-state index contributed by atoms with van der Waals surface area (Å²) in [5, 5.41) is 3.73. The van der Waals surface area contributed by atoms with Crippen LogP contribution in [0.4, 0.5) is 5.69 Å². The molecule has 1 saturated heterocycles. The van der Waals surface area contributed by atoms with Gasteiger partial charge in [0.15, 0.2) is 0 Å². The zero-order valence-corrected chi connectivity index (χ0v) is 16.2. The lowest BCUT2D eigenvalue weighted by Crippen LogP contribution is -2.36. The van der Waals surface area contributed by atoms with E-state index in [4.69, 9.17) is 11.6 Å². The minimum absolute atomic E-state index is 0.0595. The third kappa shape index (κ3) is 4.57. The number of halogens is 1. The number of rotatable bonds is 6. The molecule has 5 heteroatoms. The molecule has 1 heterocycles. The van der Waals surface area contributed by atoms with Crippen LogP contribution in [0.25, 0.3) is 0 Å². The topological polar surface area (TPSA) is 35.6 Å². The first-order valence-corrected chi connectivity index (χ1v) is 9.47. The van der Waals surface area contributed by atoms with E-state index in [9.17, 15) is 4.79 Å². The highest BCUT2D eigenvalue weighted by Gasteiger charge is 2.24. The molecule has 1 N–H and O–H groups in total. The largest absolute Gasteiger partial charge is 0.378 e. The fourth-order valence-electron chi connectivity index (χ4n) is 3.40. The molecule has 0 radical (unpaired) electrons. The van der Waals surface area contributed by atoms with Crippen LogP contribution in [0, 0.1) is 0 Å². The van der Waals surface area contributed by atoms with Gasteiger partial charge in [-0.25, -0.2) is 0 Å². The molecule has 2 aromatic carbocycles. The molecule has 2 aromatic rings. The minimum atomic E-state index is -0.0595. The van der Waals surface area contributed by atoms with Gasteiger partial charge >= 0.3 is 0 Å². The SMILES string of the molecule is CN(C)c1ccc([C@H](CNC(=O)c2ccc(Cl)cc2)N2CCCC2)cc1. The number of nitrogens with zero attached hydrogens (tertiary/aromatic N) is 2. The van der Waals surface area contributed by atoms with Crippen molar-refractivity contribution in [3.8, 4) is 0 Å². The van der Waals surface area contributed by atoms with Crippen LogP contribution < -0.4 is 10.2 Å². The fraction of sp³-hybridized carbons (Fsp3) is 0.381. The van der Waals surface area contributed by atoms with Gasteiger partial charge in [0, 0.05) is 36.9 Å². The summed E-state index contributed by atoms with van der Waals surface area (Å²) in [7, 11) is 4.08. The predicted octanol–water partition coefficient (Wildman–Crippen LogP) is 3.97. The van der Waals surface area contributed by atoms with Gasteiger partial charge in [-0.2, -0.15) is 0 Å². The summed E-state index contributed by atoms with van der Waals surface area (Å²) >= 11 is 5.90. The Morgan fingerprint density at radius 2 is 1.69 bits per heavy atom. The van der Waals surface area contributed by atoms with Gasteiger partial charge in [0.05, 0.1) is 6.04 Å². The lowest BCUT2D eigenvalue weighted by atomic mass is 10.0. The molecule has 1 fully saturated rings. The molecule has 1 atom stereocenters. The molecule has 0 unspecified atom stereocenters. The summed E-state index contributed by atoms with van der Waals surface area (Å²) in [5.74, 6) is -0.0595. The van der Waals surface area contributed by atoms with Crippen LogP contribution in [-0.2, 0) is 0 Å². The van der Waals surface area contributed by atoms with Gasteiger partial charge < -0.3 is 10.2 Å². The van der Waals surface area contributed by atoms with E-state index in [0.29, 0.717) is 17.1 Å². The molecular weight excluding hydrogens is 346 g/mol. The van der Waals surface area contributed by atoms with Crippen LogP contribution >= 0.6 is 11.6 Å². The maximum Gasteiger partial charge on any atom is 0.251 e. The van der Waals surface area contributed by atoms with Crippen molar-refractivity contribution >= 4 is 23.2 Å². The first-order chi connectivity index (χ1) is 12.5. The normalized spacial score (nSPS) is 15.7. The number of benzene rings is 2. The highest BCUT2D eigenvalue weighted by Crippen LogP contribution is 2.26. The second-order valence-corrected chi connectivity index (χ2v) is 7.40. The highest BCUT2D eigenvalue weighted by atomic mass is 35.5. The first kappa shape index (κ1) is 18.7. The zero-order valence-electron chi connectivity index (χ0n) is 15.4. The van der Waals surface area contributed by atoms with Gasteiger partial charge in [-0.1, -0.05) is 23.7 Å². The Kier molecular flexibility index (Phi) is 6.17. The second-order valence-electron chi connectivity index (χ2n) is 6.96. The third-order valence-electron chi connectivity index (χ3n) is 4.94. The highest BCUT2D eigenvalue weighted by molar-refractivity contribution is 6.30. The molecule has 0 aromatic heterocycles. The number of amides is 1. The average Bonchev–Trinajstić information content (AvgIpc) is 3.17. The van der Waals surface area contributed by atoms with Crippen molar-refractivity contribution in [2.75, 3.05) is 38.6 Å². The summed E-state index contributed by atoms with van der Waals surface area (Å²) in [6, 6.07) is 15.8. The molecule has 1 aliphatic rings. The van der Waals surface area contributed by atoms with E-state index in [1.54, 1.807) is 24.3 Å². The van der Waals surface area contributed by atoms with Gasteiger partial charge in [0.2, 0.25) is 0 Å². The van der Waals surface area contributed by atoms with Crippen molar-refractivity contribution in [2.24, 2.45) is 0 Å². The molecule has 0 spiro atoms. The molecule has 138 valence electrons. The summed E-state index contributed by atoms with van der Waals surface area (Å²) in [6.07, 6.45) is 2.44. The van der Waals surface area contributed by atoms with Crippen LogP contribution in [0.5, 0.6) is 0 Å². The molecule has 0 bridgehead atoms. The zero-order chi connectivity index (χ0) is 18.5. The first-order valence-electron chi connectivity index (χ1n) is 9.10. The Labute approximate surface area is 160 Å². The second kappa shape index (κ2) is 8.56. The lowest BCUT2D eigenvalue weighted by Gasteiger charge is -2.28. The lowest BCUT2D eigenvalue weighted by molar-refractivity contribution is 0.0938. The van der Waals surface area contributed by atoms with E-state index in [2.05, 4.69) is 39.4 Å². The van der Waals surface area contributed by atoms with E-state index in [0.717, 1.165) is 13.1 Å². The number of nitrogens with one attached hydrogen (secondary N) is 1.